The van der Waals surface area contributed by atoms with Crippen molar-refractivity contribution in [3.05, 3.63) is 24.2 Å². The van der Waals surface area contributed by atoms with Crippen molar-refractivity contribution >= 4 is 0 Å². The third-order valence-electron chi connectivity index (χ3n) is 1.94. The van der Waals surface area contributed by atoms with Crippen molar-refractivity contribution in [3.8, 4) is 0 Å². The maximum absolute atomic E-state index is 13.6. The maximum atomic E-state index is 13.6. The number of hydrogen-bond acceptors (Lipinski definition) is 2. The van der Waals surface area contributed by atoms with Gasteiger partial charge in [-0.3, -0.25) is 0 Å². The first kappa shape index (κ1) is 8.27. The molecule has 2 N–H and O–H groups in total. The van der Waals surface area contributed by atoms with Crippen LogP contribution in [0.2, 0.25) is 0 Å². The van der Waals surface area contributed by atoms with Crippen molar-refractivity contribution in [1.82, 2.24) is 0 Å². The molecule has 1 aromatic rings. The lowest BCUT2D eigenvalue weighted by molar-refractivity contribution is 0.157. The third-order valence-corrected chi connectivity index (χ3v) is 1.94. The van der Waals surface area contributed by atoms with Crippen molar-refractivity contribution < 1.29 is 8.81 Å². The van der Waals surface area contributed by atoms with Crippen molar-refractivity contribution in [3.63, 3.8) is 0 Å². The molecule has 0 aliphatic rings. The van der Waals surface area contributed by atoms with Gasteiger partial charge in [0, 0.05) is 11.6 Å². The zero-order valence-corrected chi connectivity index (χ0v) is 6.67. The standard InChI is InChI=1S/C8H12FNO/c1-6(10)8(2,9)7-3-4-11-5-7/h3-6H,10H2,1-2H3. The van der Waals surface area contributed by atoms with E-state index in [1.54, 1.807) is 13.0 Å². The zero-order chi connectivity index (χ0) is 8.48. The van der Waals surface area contributed by atoms with Crippen LogP contribution < -0.4 is 5.73 Å². The van der Waals surface area contributed by atoms with Gasteiger partial charge < -0.3 is 10.2 Å². The lowest BCUT2D eigenvalue weighted by Gasteiger charge is -2.22. The number of alkyl halides is 1. The molecule has 1 aromatic heterocycles. The number of rotatable bonds is 2. The molecule has 0 radical (unpaired) electrons. The van der Waals surface area contributed by atoms with Crippen LogP contribution in [0.5, 0.6) is 0 Å². The number of halogens is 1. The molecule has 11 heavy (non-hydrogen) atoms. The topological polar surface area (TPSA) is 39.2 Å². The SMILES string of the molecule is CC(N)C(C)(F)c1ccoc1. The summed E-state index contributed by atoms with van der Waals surface area (Å²) in [5.41, 5.74) is 4.44. The minimum Gasteiger partial charge on any atom is -0.472 e. The first-order valence-electron chi connectivity index (χ1n) is 3.52. The Balaban J connectivity index is 2.90. The lowest BCUT2D eigenvalue weighted by Crippen LogP contribution is -2.36. The summed E-state index contributed by atoms with van der Waals surface area (Å²) >= 11 is 0. The van der Waals surface area contributed by atoms with E-state index in [9.17, 15) is 4.39 Å². The maximum Gasteiger partial charge on any atom is 0.151 e. The van der Waals surface area contributed by atoms with Gasteiger partial charge in [0.1, 0.15) is 0 Å². The fourth-order valence-corrected chi connectivity index (χ4v) is 0.806. The van der Waals surface area contributed by atoms with Crippen LogP contribution in [0, 0.1) is 0 Å². The second-order valence-electron chi connectivity index (χ2n) is 2.88. The largest absolute Gasteiger partial charge is 0.472 e. The van der Waals surface area contributed by atoms with E-state index in [2.05, 4.69) is 0 Å². The molecule has 2 atom stereocenters. The minimum absolute atomic E-state index is 0.493. The quantitative estimate of drug-likeness (QED) is 0.711. The van der Waals surface area contributed by atoms with E-state index in [-0.39, 0.29) is 0 Å². The van der Waals surface area contributed by atoms with E-state index in [1.807, 2.05) is 0 Å². The summed E-state index contributed by atoms with van der Waals surface area (Å²) in [5, 5.41) is 0. The van der Waals surface area contributed by atoms with E-state index < -0.39 is 11.7 Å². The monoisotopic (exact) mass is 157 g/mol. The van der Waals surface area contributed by atoms with E-state index >= 15 is 0 Å². The first-order chi connectivity index (χ1) is 5.05. The van der Waals surface area contributed by atoms with Gasteiger partial charge in [-0.15, -0.1) is 0 Å². The molecule has 0 saturated carbocycles. The summed E-state index contributed by atoms with van der Waals surface area (Å²) in [7, 11) is 0. The van der Waals surface area contributed by atoms with Gasteiger partial charge in [-0.25, -0.2) is 4.39 Å². The second-order valence-corrected chi connectivity index (χ2v) is 2.88. The molecule has 0 bridgehead atoms. The molecule has 0 saturated heterocycles. The molecule has 0 aromatic carbocycles. The van der Waals surface area contributed by atoms with Gasteiger partial charge in [0.2, 0.25) is 0 Å². The Kier molecular flexibility index (Phi) is 2.00. The summed E-state index contributed by atoms with van der Waals surface area (Å²) in [4.78, 5) is 0. The molecule has 0 aliphatic carbocycles. The fraction of sp³-hybridized carbons (Fsp3) is 0.500. The molecule has 1 rings (SSSR count). The Morgan fingerprint density at radius 2 is 2.36 bits per heavy atom. The van der Waals surface area contributed by atoms with Crippen LogP contribution in [0.1, 0.15) is 19.4 Å². The van der Waals surface area contributed by atoms with Gasteiger partial charge >= 0.3 is 0 Å². The molecule has 2 nitrogen and oxygen atoms in total. The highest BCUT2D eigenvalue weighted by Gasteiger charge is 2.31. The molecule has 1 heterocycles. The molecule has 0 aliphatic heterocycles. The Bertz CT molecular complexity index is 216. The highest BCUT2D eigenvalue weighted by molar-refractivity contribution is 5.17. The van der Waals surface area contributed by atoms with Crippen LogP contribution in [-0.4, -0.2) is 6.04 Å². The second kappa shape index (κ2) is 2.66. The van der Waals surface area contributed by atoms with E-state index in [4.69, 9.17) is 10.2 Å². The van der Waals surface area contributed by atoms with Gasteiger partial charge in [0.15, 0.2) is 5.67 Å². The molecule has 0 spiro atoms. The smallest absolute Gasteiger partial charge is 0.151 e. The highest BCUT2D eigenvalue weighted by atomic mass is 19.1. The van der Waals surface area contributed by atoms with Gasteiger partial charge in [0.05, 0.1) is 12.5 Å². The highest BCUT2D eigenvalue weighted by Crippen LogP contribution is 2.28. The average molecular weight is 157 g/mol. The molecule has 62 valence electrons. The summed E-state index contributed by atoms with van der Waals surface area (Å²) in [6.07, 6.45) is 2.82. The Labute approximate surface area is 65.2 Å². The van der Waals surface area contributed by atoms with Gasteiger partial charge in [-0.2, -0.15) is 0 Å². The molecule has 2 unspecified atom stereocenters. The first-order valence-corrected chi connectivity index (χ1v) is 3.52. The Morgan fingerprint density at radius 1 is 1.73 bits per heavy atom. The third kappa shape index (κ3) is 1.43. The number of furan rings is 1. The lowest BCUT2D eigenvalue weighted by atomic mass is 9.94. The molecule has 3 heteroatoms. The van der Waals surface area contributed by atoms with Crippen LogP contribution in [0.15, 0.2) is 23.0 Å². The van der Waals surface area contributed by atoms with Gasteiger partial charge in [-0.1, -0.05) is 0 Å². The van der Waals surface area contributed by atoms with Crippen molar-refractivity contribution in [2.75, 3.05) is 0 Å². The number of nitrogens with two attached hydrogens (primary N) is 1. The Hall–Kier alpha value is -0.830. The van der Waals surface area contributed by atoms with Crippen LogP contribution in [-0.2, 0) is 5.67 Å². The van der Waals surface area contributed by atoms with Gasteiger partial charge in [0.25, 0.3) is 0 Å². The predicted molar refractivity (Wildman–Crippen MR) is 40.8 cm³/mol. The number of hydrogen-bond donors (Lipinski definition) is 1. The molecular weight excluding hydrogens is 145 g/mol. The zero-order valence-electron chi connectivity index (χ0n) is 6.67. The van der Waals surface area contributed by atoms with E-state index in [1.165, 1.54) is 19.5 Å². The fourth-order valence-electron chi connectivity index (χ4n) is 0.806. The summed E-state index contributed by atoms with van der Waals surface area (Å²) in [6.45, 7) is 3.08. The summed E-state index contributed by atoms with van der Waals surface area (Å²) in [5.74, 6) is 0. The Morgan fingerprint density at radius 3 is 2.73 bits per heavy atom. The van der Waals surface area contributed by atoms with E-state index in [0.717, 1.165) is 0 Å². The van der Waals surface area contributed by atoms with Crippen molar-refractivity contribution in [1.29, 1.82) is 0 Å². The summed E-state index contributed by atoms with van der Waals surface area (Å²) in [6, 6.07) is 1.06. The van der Waals surface area contributed by atoms with Crippen molar-refractivity contribution in [2.24, 2.45) is 5.73 Å². The van der Waals surface area contributed by atoms with Crippen molar-refractivity contribution in [2.45, 2.75) is 25.6 Å². The van der Waals surface area contributed by atoms with Crippen LogP contribution in [0.25, 0.3) is 0 Å². The predicted octanol–water partition coefficient (Wildman–Crippen LogP) is 1.81. The van der Waals surface area contributed by atoms with Gasteiger partial charge in [-0.05, 0) is 19.9 Å². The molecule has 0 amide bonds. The molecule has 0 fully saturated rings. The van der Waals surface area contributed by atoms with Crippen LogP contribution in [0.4, 0.5) is 4.39 Å². The molecular formula is C8H12FNO. The van der Waals surface area contributed by atoms with Crippen LogP contribution in [0.3, 0.4) is 0 Å². The van der Waals surface area contributed by atoms with E-state index in [0.29, 0.717) is 5.56 Å². The average Bonchev–Trinajstić information content (AvgIpc) is 2.37. The van der Waals surface area contributed by atoms with Crippen LogP contribution >= 0.6 is 0 Å². The normalized spacial score (nSPS) is 19.3. The summed E-state index contributed by atoms with van der Waals surface area (Å²) < 4.78 is 18.3. The minimum atomic E-state index is -1.49.